The number of amides is 2. The number of aliphatic imine (C=N–C) groups is 1. The first-order chi connectivity index (χ1) is 16.1. The van der Waals surface area contributed by atoms with Crippen LogP contribution in [0.1, 0.15) is 37.7 Å². The van der Waals surface area contributed by atoms with Crippen LogP contribution >= 0.6 is 11.8 Å². The number of carbonyl (C=O) groups excluding carboxylic acids is 2. The monoisotopic (exact) mass is 473 g/mol. The Morgan fingerprint density at radius 3 is 2.79 bits per heavy atom. The minimum absolute atomic E-state index is 0.107. The molecule has 176 valence electrons. The van der Waals surface area contributed by atoms with E-state index in [9.17, 15) is 14.0 Å². The minimum Gasteiger partial charge on any atom is -0.409 e. The average Bonchev–Trinajstić information content (AvgIpc) is 3.57. The molecule has 0 aromatic heterocycles. The number of amidine groups is 1. The maximum Gasteiger partial charge on any atom is 0.415 e. The molecule has 3 saturated heterocycles. The van der Waals surface area contributed by atoms with Crippen LogP contribution < -0.4 is 10.2 Å². The molecule has 33 heavy (non-hydrogen) atoms. The molecule has 0 saturated carbocycles. The molecule has 0 unspecified atom stereocenters. The Morgan fingerprint density at radius 1 is 1.18 bits per heavy atom. The lowest BCUT2D eigenvalue weighted by Crippen LogP contribution is -2.45. The number of nitrogens with zero attached hydrogens (tertiary/aromatic N) is 4. The lowest BCUT2D eigenvalue weighted by molar-refractivity contribution is -0.113. The number of ether oxygens (including phenoxy) is 1. The predicted octanol–water partition coefficient (Wildman–Crippen LogP) is 3.07. The van der Waals surface area contributed by atoms with E-state index in [2.05, 4.69) is 15.3 Å². The van der Waals surface area contributed by atoms with E-state index in [0.29, 0.717) is 34.8 Å². The molecule has 3 fully saturated rings. The van der Waals surface area contributed by atoms with Crippen molar-refractivity contribution in [3.8, 4) is 5.75 Å². The lowest BCUT2D eigenvalue weighted by atomic mass is 10.2. The quantitative estimate of drug-likeness (QED) is 0.676. The second kappa shape index (κ2) is 9.82. The summed E-state index contributed by atoms with van der Waals surface area (Å²) in [6.45, 7) is 5.05. The van der Waals surface area contributed by atoms with Crippen molar-refractivity contribution < 1.29 is 18.7 Å². The molecule has 4 aliphatic rings. The normalized spacial score (nSPS) is 25.2. The van der Waals surface area contributed by atoms with Crippen molar-refractivity contribution >= 4 is 35.0 Å². The predicted molar refractivity (Wildman–Crippen MR) is 125 cm³/mol. The molecule has 10 heteroatoms. The summed E-state index contributed by atoms with van der Waals surface area (Å²) in [5, 5.41) is 2.50. The Bertz CT molecular complexity index is 988. The number of hydrogen-bond acceptors (Lipinski definition) is 7. The fraction of sp³-hybridized carbons (Fsp3) is 0.522. The summed E-state index contributed by atoms with van der Waals surface area (Å²) in [5.74, 6) is -0.747. The number of nitrogens with one attached hydrogen (secondary N) is 1. The Morgan fingerprint density at radius 2 is 2.00 bits per heavy atom. The topological polar surface area (TPSA) is 77.5 Å². The number of benzene rings is 1. The van der Waals surface area contributed by atoms with Crippen molar-refractivity contribution in [3.05, 3.63) is 34.5 Å². The molecule has 0 spiro atoms. The van der Waals surface area contributed by atoms with Crippen LogP contribution in [-0.4, -0.2) is 77.3 Å². The molecule has 1 aromatic carbocycles. The first kappa shape index (κ1) is 22.4. The maximum atomic E-state index is 14.0. The molecule has 8 nitrogen and oxygen atoms in total. The van der Waals surface area contributed by atoms with Crippen LogP contribution in [0.25, 0.3) is 6.08 Å². The Balaban J connectivity index is 1.27. The maximum absolute atomic E-state index is 14.0. The van der Waals surface area contributed by atoms with E-state index in [0.717, 1.165) is 45.4 Å². The summed E-state index contributed by atoms with van der Waals surface area (Å²) in [5.41, 5.74) is 3.71. The van der Waals surface area contributed by atoms with Crippen LogP contribution in [0.15, 0.2) is 28.1 Å². The third-order valence-corrected chi connectivity index (χ3v) is 7.50. The number of hydrazine groups is 1. The van der Waals surface area contributed by atoms with Crippen LogP contribution in [0.5, 0.6) is 5.75 Å². The van der Waals surface area contributed by atoms with Gasteiger partial charge in [0.1, 0.15) is 11.6 Å². The highest BCUT2D eigenvalue weighted by Crippen LogP contribution is 2.33. The SMILES string of the molecule is O=C1N=C(N2CCCCN2)S/C1=C/c1ccc(F)cc1OC(=O)N1CC[C@@H](N2CCCC2)C1. The van der Waals surface area contributed by atoms with E-state index < -0.39 is 11.9 Å². The average molecular weight is 474 g/mol. The Kier molecular flexibility index (Phi) is 6.66. The van der Waals surface area contributed by atoms with Crippen LogP contribution in [0.3, 0.4) is 0 Å². The number of carbonyl (C=O) groups is 2. The second-order valence-electron chi connectivity index (χ2n) is 8.76. The first-order valence-electron chi connectivity index (χ1n) is 11.6. The van der Waals surface area contributed by atoms with Crippen molar-refractivity contribution in [3.63, 3.8) is 0 Å². The fourth-order valence-corrected chi connectivity index (χ4v) is 5.60. The van der Waals surface area contributed by atoms with Gasteiger partial charge < -0.3 is 9.64 Å². The molecule has 0 bridgehead atoms. The molecule has 0 aliphatic carbocycles. The third kappa shape index (κ3) is 5.07. The van der Waals surface area contributed by atoms with Gasteiger partial charge in [0.2, 0.25) is 0 Å². The molecule has 2 amide bonds. The molecule has 5 rings (SSSR count). The zero-order valence-electron chi connectivity index (χ0n) is 18.5. The molecular weight excluding hydrogens is 445 g/mol. The highest BCUT2D eigenvalue weighted by molar-refractivity contribution is 8.18. The standard InChI is InChI=1S/C23H28FN5O3S/c24-17-6-5-16(13-20-21(30)26-22(33-20)29-11-2-1-8-25-29)19(14-17)32-23(31)28-12-7-18(15-28)27-9-3-4-10-27/h5-6,13-14,18,25H,1-4,7-12,15H2/b20-13+/t18-/m1/s1. The van der Waals surface area contributed by atoms with Crippen LogP contribution in [0.4, 0.5) is 9.18 Å². The first-order valence-corrected chi connectivity index (χ1v) is 12.4. The van der Waals surface area contributed by atoms with Crippen molar-refractivity contribution in [2.75, 3.05) is 39.3 Å². The zero-order valence-corrected chi connectivity index (χ0v) is 19.3. The second-order valence-corrected chi connectivity index (χ2v) is 9.77. The van der Waals surface area contributed by atoms with E-state index in [-0.39, 0.29) is 11.7 Å². The summed E-state index contributed by atoms with van der Waals surface area (Å²) in [7, 11) is 0. The zero-order chi connectivity index (χ0) is 22.8. The van der Waals surface area contributed by atoms with E-state index in [1.165, 1.54) is 42.8 Å². The molecular formula is C23H28FN5O3S. The highest BCUT2D eigenvalue weighted by Gasteiger charge is 2.33. The van der Waals surface area contributed by atoms with Gasteiger partial charge in [0.05, 0.1) is 4.91 Å². The largest absolute Gasteiger partial charge is 0.415 e. The number of halogens is 1. The highest BCUT2D eigenvalue weighted by atomic mass is 32.2. The number of likely N-dealkylation sites (tertiary alicyclic amines) is 2. The molecule has 4 aliphatic heterocycles. The van der Waals surface area contributed by atoms with E-state index in [1.54, 1.807) is 11.0 Å². The van der Waals surface area contributed by atoms with Crippen molar-refractivity contribution in [2.45, 2.75) is 38.1 Å². The number of hydrogen-bond donors (Lipinski definition) is 1. The van der Waals surface area contributed by atoms with Gasteiger partial charge in [-0.25, -0.2) is 14.6 Å². The van der Waals surface area contributed by atoms with Gasteiger partial charge in [0, 0.05) is 43.9 Å². The molecule has 1 aromatic rings. The van der Waals surface area contributed by atoms with Gasteiger partial charge in [-0.1, -0.05) is 0 Å². The van der Waals surface area contributed by atoms with Gasteiger partial charge in [-0.05, 0) is 75.2 Å². The molecule has 4 heterocycles. The lowest BCUT2D eigenvalue weighted by Gasteiger charge is -2.28. The summed E-state index contributed by atoms with van der Waals surface area (Å²) in [4.78, 5) is 34.0. The van der Waals surface area contributed by atoms with Gasteiger partial charge in [-0.15, -0.1) is 0 Å². The van der Waals surface area contributed by atoms with Crippen LogP contribution in [-0.2, 0) is 4.79 Å². The smallest absolute Gasteiger partial charge is 0.409 e. The third-order valence-electron chi connectivity index (χ3n) is 6.49. The van der Waals surface area contributed by atoms with E-state index >= 15 is 0 Å². The summed E-state index contributed by atoms with van der Waals surface area (Å²) >= 11 is 1.27. The fourth-order valence-electron chi connectivity index (χ4n) is 4.69. The van der Waals surface area contributed by atoms with Crippen molar-refractivity contribution in [2.24, 2.45) is 4.99 Å². The van der Waals surface area contributed by atoms with Gasteiger partial charge in [0.25, 0.3) is 5.91 Å². The van der Waals surface area contributed by atoms with E-state index in [1.807, 2.05) is 5.01 Å². The molecule has 0 radical (unpaired) electrons. The van der Waals surface area contributed by atoms with E-state index in [4.69, 9.17) is 4.74 Å². The summed E-state index contributed by atoms with van der Waals surface area (Å²) in [6, 6.07) is 4.37. The number of rotatable bonds is 3. The summed E-state index contributed by atoms with van der Waals surface area (Å²) in [6.07, 6.45) is 6.59. The van der Waals surface area contributed by atoms with Gasteiger partial charge in [-0.3, -0.25) is 14.7 Å². The van der Waals surface area contributed by atoms with Gasteiger partial charge >= 0.3 is 6.09 Å². The van der Waals surface area contributed by atoms with Crippen LogP contribution in [0.2, 0.25) is 0 Å². The van der Waals surface area contributed by atoms with Crippen molar-refractivity contribution in [1.29, 1.82) is 0 Å². The minimum atomic E-state index is -0.504. The van der Waals surface area contributed by atoms with Crippen molar-refractivity contribution in [1.82, 2.24) is 20.2 Å². The Labute approximate surface area is 196 Å². The molecule has 1 atom stereocenters. The Hall–Kier alpha value is -2.43. The van der Waals surface area contributed by atoms with Gasteiger partial charge in [0.15, 0.2) is 5.17 Å². The molecule has 1 N–H and O–H groups in total. The number of thioether (sulfide) groups is 1. The summed E-state index contributed by atoms with van der Waals surface area (Å²) < 4.78 is 19.6. The van der Waals surface area contributed by atoms with Crippen LogP contribution in [0, 0.1) is 5.82 Å². The van der Waals surface area contributed by atoms with Gasteiger partial charge in [-0.2, -0.15) is 4.99 Å².